The number of hydrogen-bond acceptors (Lipinski definition) is 4. The van der Waals surface area contributed by atoms with Gasteiger partial charge in [-0.05, 0) is 45.0 Å². The van der Waals surface area contributed by atoms with E-state index in [0.29, 0.717) is 13.1 Å². The highest BCUT2D eigenvalue weighted by Gasteiger charge is 2.09. The summed E-state index contributed by atoms with van der Waals surface area (Å²) in [5.41, 5.74) is 0. The molecule has 7 heteroatoms. The predicted molar refractivity (Wildman–Crippen MR) is 120 cm³/mol. The Labute approximate surface area is 177 Å². The van der Waals surface area contributed by atoms with Gasteiger partial charge in [-0.15, -0.1) is 35.3 Å². The number of nitrogens with zero attached hydrogens (tertiary/aromatic N) is 1. The van der Waals surface area contributed by atoms with Gasteiger partial charge < -0.3 is 20.1 Å². The molecule has 1 unspecified atom stereocenters. The third-order valence-electron chi connectivity index (χ3n) is 3.49. The molecular formula is C19H28IN3O2S. The fourth-order valence-corrected chi connectivity index (χ4v) is 3.10. The molecule has 0 aliphatic carbocycles. The van der Waals surface area contributed by atoms with Gasteiger partial charge >= 0.3 is 0 Å². The van der Waals surface area contributed by atoms with Crippen molar-refractivity contribution in [2.45, 2.75) is 33.4 Å². The maximum absolute atomic E-state index is 5.96. The molecule has 5 nitrogen and oxygen atoms in total. The Morgan fingerprint density at radius 3 is 2.50 bits per heavy atom. The van der Waals surface area contributed by atoms with Crippen molar-refractivity contribution in [2.75, 3.05) is 20.2 Å². The van der Waals surface area contributed by atoms with Crippen LogP contribution in [-0.4, -0.2) is 32.3 Å². The average Bonchev–Trinajstić information content (AvgIpc) is 3.03. The van der Waals surface area contributed by atoms with Crippen molar-refractivity contribution in [3.8, 4) is 11.5 Å². The Balaban J connectivity index is 0.00000338. The molecular weight excluding hydrogens is 461 g/mol. The van der Waals surface area contributed by atoms with Crippen LogP contribution < -0.4 is 20.1 Å². The van der Waals surface area contributed by atoms with Crippen LogP contribution in [0.5, 0.6) is 11.5 Å². The van der Waals surface area contributed by atoms with Crippen LogP contribution in [0.3, 0.4) is 0 Å². The molecule has 0 aliphatic heterocycles. The minimum Gasteiger partial charge on any atom is -0.493 e. The van der Waals surface area contributed by atoms with E-state index in [1.165, 1.54) is 9.75 Å². The van der Waals surface area contributed by atoms with E-state index in [9.17, 15) is 0 Å². The van der Waals surface area contributed by atoms with E-state index >= 15 is 0 Å². The Bertz CT molecular complexity index is 691. The Morgan fingerprint density at radius 2 is 1.88 bits per heavy atom. The van der Waals surface area contributed by atoms with Gasteiger partial charge in [-0.3, -0.25) is 0 Å². The molecule has 0 saturated carbocycles. The predicted octanol–water partition coefficient (Wildman–Crippen LogP) is 4.21. The zero-order valence-corrected chi connectivity index (χ0v) is 18.9. The summed E-state index contributed by atoms with van der Waals surface area (Å²) in [4.78, 5) is 7.20. The molecule has 1 aromatic heterocycles. The molecule has 26 heavy (non-hydrogen) atoms. The van der Waals surface area contributed by atoms with Crippen molar-refractivity contribution in [3.05, 3.63) is 46.2 Å². The van der Waals surface area contributed by atoms with Crippen LogP contribution in [0.4, 0.5) is 0 Å². The standard InChI is InChI=1S/C19H27N3O2S.HI/c1-5-20-19(22-13-16-11-10-15(3)25-16)21-12-14(2)24-18-9-7-6-8-17(18)23-4;/h6-11,14H,5,12-13H2,1-4H3,(H2,20,21,22);1H. The first kappa shape index (κ1) is 22.6. The quantitative estimate of drug-likeness (QED) is 0.332. The van der Waals surface area contributed by atoms with Gasteiger partial charge in [0.05, 0.1) is 20.2 Å². The fourth-order valence-electron chi connectivity index (χ4n) is 2.28. The van der Waals surface area contributed by atoms with Crippen molar-refractivity contribution in [2.24, 2.45) is 4.99 Å². The first-order valence-corrected chi connectivity index (χ1v) is 9.31. The minimum atomic E-state index is -0.0239. The monoisotopic (exact) mass is 489 g/mol. The second-order valence-corrected chi connectivity index (χ2v) is 7.04. The molecule has 1 atom stereocenters. The summed E-state index contributed by atoms with van der Waals surface area (Å²) in [7, 11) is 1.65. The summed E-state index contributed by atoms with van der Waals surface area (Å²) in [5.74, 6) is 2.28. The molecule has 144 valence electrons. The number of ether oxygens (including phenoxy) is 2. The number of nitrogens with one attached hydrogen (secondary N) is 2. The highest BCUT2D eigenvalue weighted by molar-refractivity contribution is 14.0. The van der Waals surface area contributed by atoms with Crippen LogP contribution in [0, 0.1) is 6.92 Å². The van der Waals surface area contributed by atoms with Crippen LogP contribution in [-0.2, 0) is 6.54 Å². The first-order valence-electron chi connectivity index (χ1n) is 8.49. The number of methoxy groups -OCH3 is 1. The van der Waals surface area contributed by atoms with Gasteiger partial charge in [0.2, 0.25) is 0 Å². The van der Waals surface area contributed by atoms with E-state index in [-0.39, 0.29) is 30.1 Å². The third kappa shape index (κ3) is 7.41. The summed E-state index contributed by atoms with van der Waals surface area (Å²) < 4.78 is 11.3. The molecule has 0 aliphatic rings. The van der Waals surface area contributed by atoms with Gasteiger partial charge in [0.1, 0.15) is 6.10 Å². The maximum Gasteiger partial charge on any atom is 0.191 e. The van der Waals surface area contributed by atoms with Gasteiger partial charge in [-0.25, -0.2) is 4.99 Å². The van der Waals surface area contributed by atoms with E-state index < -0.39 is 0 Å². The number of guanidine groups is 1. The smallest absolute Gasteiger partial charge is 0.191 e. The molecule has 0 saturated heterocycles. The number of aliphatic imine (C=N–C) groups is 1. The summed E-state index contributed by atoms with van der Waals surface area (Å²) in [5, 5.41) is 6.60. The molecule has 0 amide bonds. The highest BCUT2D eigenvalue weighted by Crippen LogP contribution is 2.26. The van der Waals surface area contributed by atoms with Crippen LogP contribution in [0.1, 0.15) is 23.6 Å². The summed E-state index contributed by atoms with van der Waals surface area (Å²) in [6.45, 7) is 8.32. The summed E-state index contributed by atoms with van der Waals surface area (Å²) >= 11 is 1.78. The second kappa shape index (κ2) is 12.0. The Kier molecular flexibility index (Phi) is 10.4. The van der Waals surface area contributed by atoms with Crippen LogP contribution in [0.15, 0.2) is 41.4 Å². The minimum absolute atomic E-state index is 0. The molecule has 0 fully saturated rings. The van der Waals surface area contributed by atoms with E-state index in [4.69, 9.17) is 9.47 Å². The molecule has 2 aromatic rings. The summed E-state index contributed by atoms with van der Waals surface area (Å²) in [6.07, 6.45) is -0.0239. The van der Waals surface area contributed by atoms with Crippen LogP contribution in [0.25, 0.3) is 0 Å². The summed E-state index contributed by atoms with van der Waals surface area (Å²) in [6, 6.07) is 11.9. The molecule has 0 bridgehead atoms. The van der Waals surface area contributed by atoms with Gasteiger partial charge in [0.15, 0.2) is 17.5 Å². The zero-order valence-electron chi connectivity index (χ0n) is 15.7. The van der Waals surface area contributed by atoms with E-state index in [1.807, 2.05) is 31.2 Å². The number of rotatable bonds is 8. The zero-order chi connectivity index (χ0) is 18.1. The Morgan fingerprint density at radius 1 is 1.15 bits per heavy atom. The topological polar surface area (TPSA) is 54.9 Å². The van der Waals surface area contributed by atoms with Gasteiger partial charge in [-0.2, -0.15) is 0 Å². The molecule has 2 rings (SSSR count). The van der Waals surface area contributed by atoms with Crippen molar-refractivity contribution < 1.29 is 9.47 Å². The van der Waals surface area contributed by atoms with Crippen LogP contribution >= 0.6 is 35.3 Å². The lowest BCUT2D eigenvalue weighted by Crippen LogP contribution is -2.41. The highest BCUT2D eigenvalue weighted by atomic mass is 127. The lowest BCUT2D eigenvalue weighted by molar-refractivity contribution is 0.213. The van der Waals surface area contributed by atoms with Gasteiger partial charge in [0.25, 0.3) is 0 Å². The second-order valence-electron chi connectivity index (χ2n) is 5.67. The molecule has 1 heterocycles. The largest absolute Gasteiger partial charge is 0.493 e. The maximum atomic E-state index is 5.96. The van der Waals surface area contributed by atoms with Crippen molar-refractivity contribution in [3.63, 3.8) is 0 Å². The number of thiophene rings is 1. The normalized spacial score (nSPS) is 12.1. The third-order valence-corrected chi connectivity index (χ3v) is 4.47. The van der Waals surface area contributed by atoms with Crippen LogP contribution in [0.2, 0.25) is 0 Å². The molecule has 2 N–H and O–H groups in total. The van der Waals surface area contributed by atoms with Crippen molar-refractivity contribution in [1.82, 2.24) is 10.6 Å². The fraction of sp³-hybridized carbons (Fsp3) is 0.421. The lowest BCUT2D eigenvalue weighted by Gasteiger charge is -2.19. The number of aryl methyl sites for hydroxylation is 1. The number of halogens is 1. The van der Waals surface area contributed by atoms with Crippen molar-refractivity contribution in [1.29, 1.82) is 0 Å². The average molecular weight is 489 g/mol. The van der Waals surface area contributed by atoms with Gasteiger partial charge in [-0.1, -0.05) is 12.1 Å². The van der Waals surface area contributed by atoms with E-state index in [0.717, 1.165) is 24.0 Å². The first-order chi connectivity index (χ1) is 12.1. The SMILES string of the molecule is CCNC(=NCc1ccc(C)s1)NCC(C)Oc1ccccc1OC.I. The Hall–Kier alpha value is -1.48. The number of benzene rings is 1. The van der Waals surface area contributed by atoms with Gasteiger partial charge in [0, 0.05) is 16.3 Å². The number of hydrogen-bond donors (Lipinski definition) is 2. The molecule has 0 spiro atoms. The number of para-hydroxylation sites is 2. The molecule has 1 aromatic carbocycles. The molecule has 0 radical (unpaired) electrons. The lowest BCUT2D eigenvalue weighted by atomic mass is 10.3. The van der Waals surface area contributed by atoms with Crippen molar-refractivity contribution >= 4 is 41.3 Å². The van der Waals surface area contributed by atoms with E-state index in [1.54, 1.807) is 18.4 Å². The van der Waals surface area contributed by atoms with E-state index in [2.05, 4.69) is 41.6 Å².